The average molecular weight is 265 g/mol. The Labute approximate surface area is 117 Å². The summed E-state index contributed by atoms with van der Waals surface area (Å²) in [5.41, 5.74) is 3.04. The highest BCUT2D eigenvalue weighted by atomic mass is 16.5. The maximum absolute atomic E-state index is 12.5. The molecule has 2 aliphatic heterocycles. The SMILES string of the molecule is O=C1c2ccccc2[C@H]2OC[C@H](Cc3ccccc3)N12. The van der Waals surface area contributed by atoms with Gasteiger partial charge in [0.1, 0.15) is 0 Å². The van der Waals surface area contributed by atoms with Gasteiger partial charge in [-0.05, 0) is 18.1 Å². The lowest BCUT2D eigenvalue weighted by Crippen LogP contribution is -2.35. The molecule has 1 fully saturated rings. The summed E-state index contributed by atoms with van der Waals surface area (Å²) in [6, 6.07) is 18.1. The summed E-state index contributed by atoms with van der Waals surface area (Å²) in [7, 11) is 0. The zero-order chi connectivity index (χ0) is 13.5. The molecule has 2 atom stereocenters. The molecule has 0 radical (unpaired) electrons. The van der Waals surface area contributed by atoms with Crippen LogP contribution in [0.15, 0.2) is 54.6 Å². The van der Waals surface area contributed by atoms with Crippen molar-refractivity contribution in [1.29, 1.82) is 0 Å². The Bertz CT molecular complexity index is 653. The van der Waals surface area contributed by atoms with Gasteiger partial charge in [-0.3, -0.25) is 4.79 Å². The van der Waals surface area contributed by atoms with Gasteiger partial charge in [0, 0.05) is 11.1 Å². The second kappa shape index (κ2) is 4.46. The predicted octanol–water partition coefficient (Wildman–Crippen LogP) is 2.78. The Balaban J connectivity index is 1.63. The summed E-state index contributed by atoms with van der Waals surface area (Å²) in [4.78, 5) is 14.4. The van der Waals surface area contributed by atoms with Crippen LogP contribution < -0.4 is 0 Å². The van der Waals surface area contributed by atoms with Crippen LogP contribution in [-0.2, 0) is 11.2 Å². The summed E-state index contributed by atoms with van der Waals surface area (Å²) in [6.07, 6.45) is 0.657. The van der Waals surface area contributed by atoms with E-state index in [0.29, 0.717) is 6.61 Å². The van der Waals surface area contributed by atoms with E-state index in [0.717, 1.165) is 17.5 Å². The lowest BCUT2D eigenvalue weighted by molar-refractivity contribution is 0.0353. The van der Waals surface area contributed by atoms with Crippen molar-refractivity contribution in [3.05, 3.63) is 71.3 Å². The molecule has 100 valence electrons. The van der Waals surface area contributed by atoms with Crippen molar-refractivity contribution in [2.24, 2.45) is 0 Å². The predicted molar refractivity (Wildman–Crippen MR) is 75.2 cm³/mol. The number of hydrogen-bond acceptors (Lipinski definition) is 2. The Kier molecular flexibility index (Phi) is 2.60. The smallest absolute Gasteiger partial charge is 0.256 e. The Morgan fingerprint density at radius 1 is 1.05 bits per heavy atom. The zero-order valence-electron chi connectivity index (χ0n) is 11.0. The van der Waals surface area contributed by atoms with Gasteiger partial charge < -0.3 is 9.64 Å². The molecule has 0 spiro atoms. The Morgan fingerprint density at radius 2 is 1.80 bits per heavy atom. The Morgan fingerprint density at radius 3 is 2.65 bits per heavy atom. The van der Waals surface area contributed by atoms with Gasteiger partial charge in [0.2, 0.25) is 0 Å². The molecule has 2 heterocycles. The number of carbonyl (C=O) groups is 1. The van der Waals surface area contributed by atoms with Gasteiger partial charge >= 0.3 is 0 Å². The quantitative estimate of drug-likeness (QED) is 0.835. The van der Waals surface area contributed by atoms with E-state index in [4.69, 9.17) is 4.74 Å². The minimum absolute atomic E-state index is 0.101. The number of amides is 1. The van der Waals surface area contributed by atoms with Gasteiger partial charge in [0.25, 0.3) is 5.91 Å². The standard InChI is InChI=1S/C17H15NO2/c19-16-14-8-4-5-9-15(14)17-18(16)13(11-20-17)10-12-6-2-1-3-7-12/h1-9,13,17H,10-11H2/t13-,17+/m0/s1. The lowest BCUT2D eigenvalue weighted by atomic mass is 10.1. The number of nitrogens with zero attached hydrogens (tertiary/aromatic N) is 1. The molecule has 0 bridgehead atoms. The highest BCUT2D eigenvalue weighted by molar-refractivity contribution is 5.99. The first-order chi connectivity index (χ1) is 9.84. The summed E-state index contributed by atoms with van der Waals surface area (Å²) in [6.45, 7) is 0.611. The first kappa shape index (κ1) is 11.7. The molecule has 0 N–H and O–H groups in total. The van der Waals surface area contributed by atoms with Gasteiger partial charge in [-0.15, -0.1) is 0 Å². The molecule has 0 unspecified atom stereocenters. The van der Waals surface area contributed by atoms with Crippen LogP contribution in [0.2, 0.25) is 0 Å². The third-order valence-electron chi connectivity index (χ3n) is 4.10. The zero-order valence-corrected chi connectivity index (χ0v) is 11.0. The van der Waals surface area contributed by atoms with E-state index in [2.05, 4.69) is 12.1 Å². The van der Waals surface area contributed by atoms with E-state index in [1.54, 1.807) is 0 Å². The molecular weight excluding hydrogens is 250 g/mol. The highest BCUT2D eigenvalue weighted by Gasteiger charge is 2.45. The summed E-state index contributed by atoms with van der Waals surface area (Å²) >= 11 is 0. The van der Waals surface area contributed by atoms with E-state index >= 15 is 0 Å². The Hall–Kier alpha value is -2.13. The van der Waals surface area contributed by atoms with Gasteiger partial charge in [-0.1, -0.05) is 48.5 Å². The van der Waals surface area contributed by atoms with Crippen molar-refractivity contribution >= 4 is 5.91 Å². The maximum atomic E-state index is 12.5. The van der Waals surface area contributed by atoms with E-state index in [1.165, 1.54) is 5.56 Å². The molecule has 2 aromatic rings. The molecule has 0 saturated carbocycles. The molecule has 1 amide bonds. The first-order valence-electron chi connectivity index (χ1n) is 6.92. The fourth-order valence-corrected chi connectivity index (χ4v) is 3.16. The minimum atomic E-state index is -0.188. The van der Waals surface area contributed by atoms with E-state index in [1.807, 2.05) is 47.4 Å². The van der Waals surface area contributed by atoms with Crippen LogP contribution in [0.5, 0.6) is 0 Å². The normalized spacial score (nSPS) is 23.8. The number of benzene rings is 2. The molecule has 0 aromatic heterocycles. The van der Waals surface area contributed by atoms with Crippen molar-refractivity contribution < 1.29 is 9.53 Å². The van der Waals surface area contributed by atoms with Crippen LogP contribution >= 0.6 is 0 Å². The number of carbonyl (C=O) groups excluding carboxylic acids is 1. The van der Waals surface area contributed by atoms with Crippen molar-refractivity contribution in [2.45, 2.75) is 18.7 Å². The monoisotopic (exact) mass is 265 g/mol. The van der Waals surface area contributed by atoms with Crippen molar-refractivity contribution in [1.82, 2.24) is 4.90 Å². The van der Waals surface area contributed by atoms with Crippen LogP contribution in [0, 0.1) is 0 Å². The number of hydrogen-bond donors (Lipinski definition) is 0. The second-order valence-electron chi connectivity index (χ2n) is 5.33. The number of fused-ring (bicyclic) bond motifs is 3. The van der Waals surface area contributed by atoms with Gasteiger partial charge in [-0.25, -0.2) is 0 Å². The van der Waals surface area contributed by atoms with Gasteiger partial charge in [-0.2, -0.15) is 0 Å². The van der Waals surface area contributed by atoms with E-state index < -0.39 is 0 Å². The topological polar surface area (TPSA) is 29.5 Å². The molecule has 1 saturated heterocycles. The fraction of sp³-hybridized carbons (Fsp3) is 0.235. The second-order valence-corrected chi connectivity index (χ2v) is 5.33. The third-order valence-corrected chi connectivity index (χ3v) is 4.10. The largest absolute Gasteiger partial charge is 0.352 e. The third kappa shape index (κ3) is 1.67. The number of ether oxygens (including phenoxy) is 1. The van der Waals surface area contributed by atoms with Crippen LogP contribution in [0.4, 0.5) is 0 Å². The highest BCUT2D eigenvalue weighted by Crippen LogP contribution is 2.40. The molecule has 0 aliphatic carbocycles. The lowest BCUT2D eigenvalue weighted by Gasteiger charge is -2.22. The van der Waals surface area contributed by atoms with Gasteiger partial charge in [0.15, 0.2) is 6.23 Å². The van der Waals surface area contributed by atoms with Crippen LogP contribution in [0.25, 0.3) is 0 Å². The molecular formula is C17H15NO2. The molecule has 3 nitrogen and oxygen atoms in total. The molecule has 4 rings (SSSR count). The van der Waals surface area contributed by atoms with Crippen LogP contribution in [-0.4, -0.2) is 23.5 Å². The summed E-state index contributed by atoms with van der Waals surface area (Å²) in [5, 5.41) is 0. The minimum Gasteiger partial charge on any atom is -0.352 e. The van der Waals surface area contributed by atoms with E-state index in [9.17, 15) is 4.79 Å². The molecule has 3 heteroatoms. The van der Waals surface area contributed by atoms with Crippen molar-refractivity contribution in [3.8, 4) is 0 Å². The van der Waals surface area contributed by atoms with Crippen LogP contribution in [0.1, 0.15) is 27.7 Å². The first-order valence-corrected chi connectivity index (χ1v) is 6.92. The summed E-state index contributed by atoms with van der Waals surface area (Å²) < 4.78 is 5.86. The average Bonchev–Trinajstić information content (AvgIpc) is 3.02. The van der Waals surface area contributed by atoms with Gasteiger partial charge in [0.05, 0.1) is 12.6 Å². The molecule has 20 heavy (non-hydrogen) atoms. The number of rotatable bonds is 2. The van der Waals surface area contributed by atoms with Crippen molar-refractivity contribution in [3.63, 3.8) is 0 Å². The fourth-order valence-electron chi connectivity index (χ4n) is 3.16. The van der Waals surface area contributed by atoms with E-state index in [-0.39, 0.29) is 18.2 Å². The molecule has 2 aromatic carbocycles. The molecule has 2 aliphatic rings. The maximum Gasteiger partial charge on any atom is 0.256 e. The van der Waals surface area contributed by atoms with Crippen LogP contribution in [0.3, 0.4) is 0 Å². The summed E-state index contributed by atoms with van der Waals surface area (Å²) in [5.74, 6) is 0.101. The van der Waals surface area contributed by atoms with Crippen molar-refractivity contribution in [2.75, 3.05) is 6.61 Å².